The zero-order valence-electron chi connectivity index (χ0n) is 13.7. The predicted molar refractivity (Wildman–Crippen MR) is 96.7 cm³/mol. The molecular formula is C19H21N3OS. The lowest BCUT2D eigenvalue weighted by atomic mass is 10.2. The lowest BCUT2D eigenvalue weighted by molar-refractivity contribution is 0.0366. The third kappa shape index (κ3) is 5.22. The Morgan fingerprint density at radius 3 is 2.38 bits per heavy atom. The van der Waals surface area contributed by atoms with Crippen molar-refractivity contribution in [3.8, 4) is 0 Å². The molecule has 4 nitrogen and oxygen atoms in total. The van der Waals surface area contributed by atoms with E-state index in [1.165, 1.54) is 11.1 Å². The molecule has 3 aromatic rings. The summed E-state index contributed by atoms with van der Waals surface area (Å²) in [4.78, 5) is 1.71. The molecule has 0 radical (unpaired) electrons. The molecule has 0 saturated carbocycles. The minimum atomic E-state index is 0.0598. The number of nitrogens with zero attached hydrogens (tertiary/aromatic N) is 3. The third-order valence-electron chi connectivity index (χ3n) is 3.54. The van der Waals surface area contributed by atoms with Crippen LogP contribution in [0.3, 0.4) is 0 Å². The second-order valence-corrected chi connectivity index (χ2v) is 6.61. The summed E-state index contributed by atoms with van der Waals surface area (Å²) in [7, 11) is 0. The van der Waals surface area contributed by atoms with Crippen LogP contribution in [-0.4, -0.2) is 21.1 Å². The van der Waals surface area contributed by atoms with Crippen LogP contribution in [0, 0.1) is 0 Å². The minimum Gasteiger partial charge on any atom is -0.372 e. The molecule has 1 heterocycles. The molecule has 0 aliphatic heterocycles. The topological polar surface area (TPSA) is 39.9 Å². The zero-order chi connectivity index (χ0) is 16.6. The van der Waals surface area contributed by atoms with Crippen LogP contribution in [0.4, 0.5) is 0 Å². The van der Waals surface area contributed by atoms with Gasteiger partial charge in [-0.05, 0) is 18.1 Å². The Kier molecular flexibility index (Phi) is 6.04. The Balaban J connectivity index is 1.45. The van der Waals surface area contributed by atoms with Crippen molar-refractivity contribution in [1.29, 1.82) is 0 Å². The molecule has 3 rings (SSSR count). The van der Waals surface area contributed by atoms with Crippen molar-refractivity contribution in [2.75, 3.05) is 0 Å². The summed E-state index contributed by atoms with van der Waals surface area (Å²) in [6.45, 7) is 3.31. The Bertz CT molecular complexity index is 731. The van der Waals surface area contributed by atoms with E-state index in [1.807, 2.05) is 37.4 Å². The van der Waals surface area contributed by atoms with E-state index >= 15 is 0 Å². The summed E-state index contributed by atoms with van der Waals surface area (Å²) >= 11 is 1.70. The number of hydrogen-bond acceptors (Lipinski definition) is 4. The number of benzene rings is 2. The van der Waals surface area contributed by atoms with Gasteiger partial charge in [0.05, 0.1) is 25.5 Å². The van der Waals surface area contributed by atoms with E-state index in [0.29, 0.717) is 13.2 Å². The minimum absolute atomic E-state index is 0.0598. The van der Waals surface area contributed by atoms with Gasteiger partial charge in [0.25, 0.3) is 0 Å². The average Bonchev–Trinajstić information content (AvgIpc) is 3.07. The van der Waals surface area contributed by atoms with Crippen molar-refractivity contribution in [2.24, 2.45) is 0 Å². The molecule has 0 N–H and O–H groups in total. The summed E-state index contributed by atoms with van der Waals surface area (Å²) < 4.78 is 5.86. The van der Waals surface area contributed by atoms with Gasteiger partial charge >= 0.3 is 0 Å². The Hall–Kier alpha value is -2.11. The SMILES string of the molecule is C[C@H](Cn1ncc(SCc2ccccc2)n1)OCc1ccccc1. The van der Waals surface area contributed by atoms with Gasteiger partial charge < -0.3 is 4.74 Å². The molecule has 0 bridgehead atoms. The first kappa shape index (κ1) is 16.7. The molecule has 0 saturated heterocycles. The summed E-state index contributed by atoms with van der Waals surface area (Å²) in [6.07, 6.45) is 1.88. The first-order valence-corrected chi connectivity index (χ1v) is 9.00. The van der Waals surface area contributed by atoms with Gasteiger partial charge in [-0.1, -0.05) is 72.4 Å². The first-order valence-electron chi connectivity index (χ1n) is 8.02. The van der Waals surface area contributed by atoms with E-state index in [2.05, 4.69) is 46.6 Å². The van der Waals surface area contributed by atoms with Crippen molar-refractivity contribution < 1.29 is 4.74 Å². The molecule has 1 atom stereocenters. The van der Waals surface area contributed by atoms with Crippen LogP contribution in [0.2, 0.25) is 0 Å². The van der Waals surface area contributed by atoms with Crippen molar-refractivity contribution in [3.05, 3.63) is 78.0 Å². The van der Waals surface area contributed by atoms with Crippen LogP contribution in [-0.2, 0) is 23.6 Å². The maximum Gasteiger partial charge on any atom is 0.139 e. The highest BCUT2D eigenvalue weighted by Crippen LogP contribution is 2.19. The molecule has 0 unspecified atom stereocenters. The fourth-order valence-corrected chi connectivity index (χ4v) is 3.04. The normalized spacial score (nSPS) is 12.2. The summed E-state index contributed by atoms with van der Waals surface area (Å²) in [5, 5.41) is 9.78. The van der Waals surface area contributed by atoms with Crippen molar-refractivity contribution >= 4 is 11.8 Å². The molecule has 0 amide bonds. The van der Waals surface area contributed by atoms with Gasteiger partial charge in [0.2, 0.25) is 0 Å². The molecule has 0 aliphatic rings. The third-order valence-corrected chi connectivity index (χ3v) is 4.50. The van der Waals surface area contributed by atoms with Crippen molar-refractivity contribution in [1.82, 2.24) is 15.0 Å². The second-order valence-electron chi connectivity index (χ2n) is 5.62. The van der Waals surface area contributed by atoms with Crippen LogP contribution in [0.25, 0.3) is 0 Å². The van der Waals surface area contributed by atoms with Crippen LogP contribution >= 0.6 is 11.8 Å². The molecular weight excluding hydrogens is 318 g/mol. The molecule has 24 heavy (non-hydrogen) atoms. The van der Waals surface area contributed by atoms with Crippen LogP contribution in [0.15, 0.2) is 71.9 Å². The lowest BCUT2D eigenvalue weighted by Crippen LogP contribution is -2.18. The van der Waals surface area contributed by atoms with Crippen LogP contribution in [0.1, 0.15) is 18.1 Å². The second kappa shape index (κ2) is 8.66. The van der Waals surface area contributed by atoms with Gasteiger partial charge in [0.15, 0.2) is 0 Å². The van der Waals surface area contributed by atoms with Crippen LogP contribution in [0.5, 0.6) is 0 Å². The first-order chi connectivity index (χ1) is 11.8. The fraction of sp³-hybridized carbons (Fsp3) is 0.263. The number of aromatic nitrogens is 3. The Labute approximate surface area is 146 Å². The van der Waals surface area contributed by atoms with E-state index in [4.69, 9.17) is 4.74 Å². The maximum absolute atomic E-state index is 5.86. The monoisotopic (exact) mass is 339 g/mol. The molecule has 0 fully saturated rings. The van der Waals surface area contributed by atoms with Gasteiger partial charge in [0.1, 0.15) is 5.03 Å². The number of thioether (sulfide) groups is 1. The molecule has 124 valence electrons. The Morgan fingerprint density at radius 1 is 1.00 bits per heavy atom. The zero-order valence-corrected chi connectivity index (χ0v) is 14.5. The number of hydrogen-bond donors (Lipinski definition) is 0. The highest BCUT2D eigenvalue weighted by molar-refractivity contribution is 7.98. The molecule has 1 aromatic heterocycles. The number of rotatable bonds is 8. The molecule has 5 heteroatoms. The molecule has 0 spiro atoms. The van der Waals surface area contributed by atoms with Gasteiger partial charge in [-0.3, -0.25) is 0 Å². The average molecular weight is 339 g/mol. The highest BCUT2D eigenvalue weighted by Gasteiger charge is 2.07. The van der Waals surface area contributed by atoms with E-state index in [0.717, 1.165) is 10.8 Å². The Morgan fingerprint density at radius 2 is 1.67 bits per heavy atom. The van der Waals surface area contributed by atoms with E-state index in [9.17, 15) is 0 Å². The standard InChI is InChI=1S/C19H21N3OS/c1-16(23-14-17-8-4-2-5-9-17)13-22-20-12-19(21-22)24-15-18-10-6-3-7-11-18/h2-12,16H,13-15H2,1H3/t16-/m1/s1. The smallest absolute Gasteiger partial charge is 0.139 e. The summed E-state index contributed by atoms with van der Waals surface area (Å²) in [5.41, 5.74) is 2.47. The lowest BCUT2D eigenvalue weighted by Gasteiger charge is -2.12. The quantitative estimate of drug-likeness (QED) is 0.577. The number of ether oxygens (including phenoxy) is 1. The summed E-state index contributed by atoms with van der Waals surface area (Å²) in [5.74, 6) is 0.902. The highest BCUT2D eigenvalue weighted by atomic mass is 32.2. The predicted octanol–water partition coefficient (Wildman–Crippen LogP) is 4.18. The van der Waals surface area contributed by atoms with Gasteiger partial charge in [0, 0.05) is 5.75 Å². The van der Waals surface area contributed by atoms with Crippen molar-refractivity contribution in [2.45, 2.75) is 37.0 Å². The maximum atomic E-state index is 5.86. The van der Waals surface area contributed by atoms with E-state index < -0.39 is 0 Å². The molecule has 0 aliphatic carbocycles. The van der Waals surface area contributed by atoms with Crippen LogP contribution < -0.4 is 0 Å². The van der Waals surface area contributed by atoms with E-state index in [-0.39, 0.29) is 6.10 Å². The molecule has 2 aromatic carbocycles. The van der Waals surface area contributed by atoms with Crippen molar-refractivity contribution in [3.63, 3.8) is 0 Å². The van der Waals surface area contributed by atoms with Gasteiger partial charge in [-0.2, -0.15) is 9.90 Å². The largest absolute Gasteiger partial charge is 0.372 e. The summed E-state index contributed by atoms with van der Waals surface area (Å²) in [6, 6.07) is 20.6. The fourth-order valence-electron chi connectivity index (χ4n) is 2.26. The van der Waals surface area contributed by atoms with Gasteiger partial charge in [-0.25, -0.2) is 0 Å². The van der Waals surface area contributed by atoms with E-state index in [1.54, 1.807) is 16.6 Å². The van der Waals surface area contributed by atoms with Gasteiger partial charge in [-0.15, -0.1) is 5.10 Å².